The van der Waals surface area contributed by atoms with Crippen LogP contribution in [0.2, 0.25) is 0 Å². The second-order valence-corrected chi connectivity index (χ2v) is 5.76. The number of carboxylic acids is 1. The van der Waals surface area contributed by atoms with Gasteiger partial charge in [-0.1, -0.05) is 26.0 Å². The fourth-order valence-corrected chi connectivity index (χ4v) is 2.56. The second kappa shape index (κ2) is 5.68. The Morgan fingerprint density at radius 1 is 1.09 bits per heavy atom. The quantitative estimate of drug-likeness (QED) is 0.719. The maximum absolute atomic E-state index is 12.3. The number of H-pyrrole nitrogens is 1. The molecule has 1 heterocycles. The number of aromatic amines is 1. The molecule has 0 saturated carbocycles. The van der Waals surface area contributed by atoms with E-state index in [4.69, 9.17) is 5.11 Å². The third-order valence-electron chi connectivity index (χ3n) is 3.81. The highest BCUT2D eigenvalue weighted by Crippen LogP contribution is 2.30. The Morgan fingerprint density at radius 3 is 2.39 bits per heavy atom. The minimum Gasteiger partial charge on any atom is -0.478 e. The Hall–Kier alpha value is -2.95. The number of aromatic carboxylic acids is 1. The molecule has 0 aliphatic rings. The number of fused-ring (bicyclic) bond motifs is 1. The zero-order valence-electron chi connectivity index (χ0n) is 12.8. The number of carboxylic acid groups (broad SMARTS) is 1. The number of hydrogen-bond donors (Lipinski definition) is 2. The first-order valence-corrected chi connectivity index (χ1v) is 7.32. The van der Waals surface area contributed by atoms with Crippen molar-refractivity contribution in [1.82, 2.24) is 10.2 Å². The summed E-state index contributed by atoms with van der Waals surface area (Å²) in [6.45, 7) is 3.72. The van der Waals surface area contributed by atoms with Crippen LogP contribution in [0.15, 0.2) is 42.6 Å². The van der Waals surface area contributed by atoms with Gasteiger partial charge in [0.2, 0.25) is 0 Å². The summed E-state index contributed by atoms with van der Waals surface area (Å²) in [6, 6.07) is 10.3. The lowest BCUT2D eigenvalue weighted by molar-refractivity contribution is 0.0696. The fourth-order valence-electron chi connectivity index (χ4n) is 2.56. The van der Waals surface area contributed by atoms with E-state index in [1.54, 1.807) is 36.5 Å². The first kappa shape index (κ1) is 15.0. The molecule has 2 aromatic carbocycles. The van der Waals surface area contributed by atoms with E-state index in [1.807, 2.05) is 19.9 Å². The molecule has 2 N–H and O–H groups in total. The molecular weight excluding hydrogens is 292 g/mol. The van der Waals surface area contributed by atoms with Crippen molar-refractivity contribution >= 4 is 22.7 Å². The van der Waals surface area contributed by atoms with Gasteiger partial charge in [0.05, 0.1) is 17.3 Å². The van der Waals surface area contributed by atoms with Gasteiger partial charge in [0, 0.05) is 16.9 Å². The van der Waals surface area contributed by atoms with E-state index in [9.17, 15) is 9.59 Å². The number of benzene rings is 2. The number of carbonyl (C=O) groups is 2. The summed E-state index contributed by atoms with van der Waals surface area (Å²) in [5.74, 6) is -1.00. The number of carbonyl (C=O) groups excluding carboxylic acids is 1. The molecule has 0 bridgehead atoms. The molecule has 23 heavy (non-hydrogen) atoms. The zero-order valence-corrected chi connectivity index (χ0v) is 12.8. The molecule has 0 radical (unpaired) electrons. The minimum absolute atomic E-state index is 0.0601. The molecule has 0 atom stereocenters. The van der Waals surface area contributed by atoms with Gasteiger partial charge in [-0.3, -0.25) is 9.89 Å². The van der Waals surface area contributed by atoms with Gasteiger partial charge in [0.25, 0.3) is 0 Å². The molecule has 5 heteroatoms. The van der Waals surface area contributed by atoms with Crippen molar-refractivity contribution in [2.75, 3.05) is 0 Å². The van der Waals surface area contributed by atoms with Crippen molar-refractivity contribution < 1.29 is 14.7 Å². The largest absolute Gasteiger partial charge is 0.478 e. The Kier molecular flexibility index (Phi) is 3.70. The van der Waals surface area contributed by atoms with Crippen LogP contribution in [0.5, 0.6) is 0 Å². The number of ketones is 1. The molecule has 0 saturated heterocycles. The van der Waals surface area contributed by atoms with Crippen molar-refractivity contribution in [1.29, 1.82) is 0 Å². The van der Waals surface area contributed by atoms with E-state index in [0.717, 1.165) is 22.0 Å². The molecule has 0 amide bonds. The molecule has 5 nitrogen and oxygen atoms in total. The fraction of sp³-hybridized carbons (Fsp3) is 0.167. The van der Waals surface area contributed by atoms with Gasteiger partial charge in [-0.15, -0.1) is 0 Å². The van der Waals surface area contributed by atoms with Gasteiger partial charge >= 0.3 is 5.97 Å². The topological polar surface area (TPSA) is 83.1 Å². The Balaban J connectivity index is 2.17. The Labute approximate surface area is 133 Å². The van der Waals surface area contributed by atoms with Crippen LogP contribution in [-0.4, -0.2) is 27.1 Å². The third-order valence-corrected chi connectivity index (χ3v) is 3.81. The number of aromatic nitrogens is 2. The highest BCUT2D eigenvalue weighted by Gasteiger charge is 2.15. The minimum atomic E-state index is -0.964. The number of nitrogens with one attached hydrogen (secondary N) is 1. The Bertz CT molecular complexity index is 892. The number of rotatable bonds is 4. The highest BCUT2D eigenvalue weighted by molar-refractivity contribution is 6.05. The first-order chi connectivity index (χ1) is 11.0. The lowest BCUT2D eigenvalue weighted by Crippen LogP contribution is -2.07. The van der Waals surface area contributed by atoms with Crippen LogP contribution in [0.25, 0.3) is 22.0 Å². The van der Waals surface area contributed by atoms with Gasteiger partial charge in [-0.25, -0.2) is 4.79 Å². The van der Waals surface area contributed by atoms with Gasteiger partial charge in [-0.05, 0) is 35.4 Å². The van der Waals surface area contributed by atoms with Crippen LogP contribution in [-0.2, 0) is 0 Å². The SMILES string of the molecule is CC(C)C(=O)c1cc(-c2ccc(C(=O)O)cc2)c2cn[nH]c2c1. The van der Waals surface area contributed by atoms with E-state index >= 15 is 0 Å². The van der Waals surface area contributed by atoms with Crippen LogP contribution in [0, 0.1) is 5.92 Å². The van der Waals surface area contributed by atoms with Crippen LogP contribution < -0.4 is 0 Å². The molecule has 3 aromatic rings. The van der Waals surface area contributed by atoms with Crippen molar-refractivity contribution in [3.63, 3.8) is 0 Å². The highest BCUT2D eigenvalue weighted by atomic mass is 16.4. The lowest BCUT2D eigenvalue weighted by Gasteiger charge is -2.09. The predicted octanol–water partition coefficient (Wildman–Crippen LogP) is 3.77. The van der Waals surface area contributed by atoms with E-state index < -0.39 is 5.97 Å². The summed E-state index contributed by atoms with van der Waals surface area (Å²) in [7, 11) is 0. The predicted molar refractivity (Wildman–Crippen MR) is 87.7 cm³/mol. The number of nitrogens with zero attached hydrogens (tertiary/aromatic N) is 1. The molecule has 116 valence electrons. The van der Waals surface area contributed by atoms with Crippen LogP contribution >= 0.6 is 0 Å². The van der Waals surface area contributed by atoms with Gasteiger partial charge < -0.3 is 5.11 Å². The van der Waals surface area contributed by atoms with E-state index in [1.165, 1.54) is 0 Å². The van der Waals surface area contributed by atoms with Gasteiger partial charge in [0.15, 0.2) is 5.78 Å². The average Bonchev–Trinajstić information content (AvgIpc) is 3.01. The summed E-state index contributed by atoms with van der Waals surface area (Å²) < 4.78 is 0. The number of hydrogen-bond acceptors (Lipinski definition) is 3. The van der Waals surface area contributed by atoms with Crippen molar-refractivity contribution in [2.24, 2.45) is 5.92 Å². The van der Waals surface area contributed by atoms with Crippen LogP contribution in [0.4, 0.5) is 0 Å². The monoisotopic (exact) mass is 308 g/mol. The third kappa shape index (κ3) is 2.73. The molecule has 1 aromatic heterocycles. The second-order valence-electron chi connectivity index (χ2n) is 5.76. The summed E-state index contributed by atoms with van der Waals surface area (Å²) in [5, 5.41) is 16.8. The van der Waals surface area contributed by atoms with E-state index in [2.05, 4.69) is 10.2 Å². The Morgan fingerprint density at radius 2 is 1.78 bits per heavy atom. The maximum atomic E-state index is 12.3. The summed E-state index contributed by atoms with van der Waals surface area (Å²) in [6.07, 6.45) is 1.71. The number of Topliss-reactive ketones (excluding diaryl/α,β-unsaturated/α-hetero) is 1. The van der Waals surface area contributed by atoms with E-state index in [0.29, 0.717) is 5.56 Å². The summed E-state index contributed by atoms with van der Waals surface area (Å²) >= 11 is 0. The average molecular weight is 308 g/mol. The zero-order chi connectivity index (χ0) is 16.6. The van der Waals surface area contributed by atoms with Gasteiger partial charge in [-0.2, -0.15) is 5.10 Å². The van der Waals surface area contributed by atoms with Gasteiger partial charge in [0.1, 0.15) is 0 Å². The standard InChI is InChI=1S/C18H16N2O3/c1-10(2)17(21)13-7-14(15-9-19-20-16(15)8-13)11-3-5-12(6-4-11)18(22)23/h3-10H,1-2H3,(H,19,20)(H,22,23). The molecule has 3 rings (SSSR count). The lowest BCUT2D eigenvalue weighted by atomic mass is 9.94. The van der Waals surface area contributed by atoms with Crippen molar-refractivity contribution in [2.45, 2.75) is 13.8 Å². The maximum Gasteiger partial charge on any atom is 0.335 e. The molecule has 0 aliphatic heterocycles. The molecule has 0 aliphatic carbocycles. The van der Waals surface area contributed by atoms with E-state index in [-0.39, 0.29) is 17.3 Å². The molecule has 0 fully saturated rings. The normalized spacial score (nSPS) is 11.1. The summed E-state index contributed by atoms with van der Waals surface area (Å²) in [4.78, 5) is 23.3. The summed E-state index contributed by atoms with van der Waals surface area (Å²) in [5.41, 5.74) is 3.34. The first-order valence-electron chi connectivity index (χ1n) is 7.32. The molecule has 0 unspecified atom stereocenters. The molecule has 0 spiro atoms. The smallest absolute Gasteiger partial charge is 0.335 e. The van der Waals surface area contributed by atoms with Crippen molar-refractivity contribution in [3.8, 4) is 11.1 Å². The van der Waals surface area contributed by atoms with Crippen molar-refractivity contribution in [3.05, 3.63) is 53.7 Å². The van der Waals surface area contributed by atoms with Crippen LogP contribution in [0.1, 0.15) is 34.6 Å². The van der Waals surface area contributed by atoms with Crippen LogP contribution in [0.3, 0.4) is 0 Å². The molecular formula is C18H16N2O3.